The van der Waals surface area contributed by atoms with Crippen molar-refractivity contribution >= 4 is 18.0 Å². The smallest absolute Gasteiger partial charge is 0.426 e. The van der Waals surface area contributed by atoms with E-state index in [-0.39, 0.29) is 22.8 Å². The molecule has 10 heteroatoms. The van der Waals surface area contributed by atoms with Crippen molar-refractivity contribution in [3.05, 3.63) is 142 Å². The summed E-state index contributed by atoms with van der Waals surface area (Å²) in [6, 6.07) is 21.4. The first-order valence-corrected chi connectivity index (χ1v) is 13.5. The van der Waals surface area contributed by atoms with E-state index in [0.717, 1.165) is 11.1 Å². The molecule has 4 aromatic rings. The van der Waals surface area contributed by atoms with Gasteiger partial charge < -0.3 is 14.9 Å². The van der Waals surface area contributed by atoms with E-state index in [4.69, 9.17) is 9.84 Å². The lowest BCUT2D eigenvalue weighted by Gasteiger charge is -2.20. The average molecular weight is 611 g/mol. The van der Waals surface area contributed by atoms with E-state index >= 15 is 8.78 Å². The summed E-state index contributed by atoms with van der Waals surface area (Å²) in [4.78, 5) is 22.4. The molecule has 0 saturated heterocycles. The normalized spacial score (nSPS) is 12.7. The van der Waals surface area contributed by atoms with Gasteiger partial charge in [0.2, 0.25) is 0 Å². The Labute approximate surface area is 249 Å². The van der Waals surface area contributed by atoms with E-state index in [1.807, 2.05) is 6.08 Å². The molecule has 0 radical (unpaired) electrons. The Morgan fingerprint density at radius 2 is 1.23 bits per heavy atom. The van der Waals surface area contributed by atoms with Gasteiger partial charge in [0.25, 0.3) is 0 Å². The molecule has 4 rings (SSSR count). The highest BCUT2D eigenvalue weighted by atomic mass is 19.4. The number of hydrogen-bond donors (Lipinski definition) is 2. The highest BCUT2D eigenvalue weighted by Gasteiger charge is 2.37. The summed E-state index contributed by atoms with van der Waals surface area (Å²) < 4.78 is 73.7. The fourth-order valence-corrected chi connectivity index (χ4v) is 4.52. The number of carbonyl (C=O) groups is 2. The van der Waals surface area contributed by atoms with Gasteiger partial charge in [0.15, 0.2) is 0 Å². The molecule has 0 fully saturated rings. The summed E-state index contributed by atoms with van der Waals surface area (Å²) in [7, 11) is 0. The van der Waals surface area contributed by atoms with Gasteiger partial charge in [0.1, 0.15) is 5.75 Å². The molecule has 0 spiro atoms. The van der Waals surface area contributed by atoms with Crippen molar-refractivity contribution in [3.8, 4) is 5.75 Å². The van der Waals surface area contributed by atoms with Gasteiger partial charge in [0.05, 0.1) is 22.3 Å². The summed E-state index contributed by atoms with van der Waals surface area (Å²) >= 11 is 0. The monoisotopic (exact) mass is 610 g/mol. The number of hydrogen-bond acceptors (Lipinski definition) is 3. The van der Waals surface area contributed by atoms with Gasteiger partial charge in [-0.1, -0.05) is 54.6 Å². The lowest BCUT2D eigenvalue weighted by molar-refractivity contribution is -0.185. The number of halogens is 5. The number of aromatic carboxylic acids is 2. The first-order valence-electron chi connectivity index (χ1n) is 13.5. The molecule has 0 aliphatic rings. The molecule has 2 N–H and O–H groups in total. The van der Waals surface area contributed by atoms with Gasteiger partial charge in [0, 0.05) is 5.56 Å². The van der Waals surface area contributed by atoms with Gasteiger partial charge in [-0.05, 0) is 90.9 Å². The highest BCUT2D eigenvalue weighted by molar-refractivity contribution is 5.88. The summed E-state index contributed by atoms with van der Waals surface area (Å²) in [6.45, 7) is 0. The SMILES string of the molecule is O=C(O)c1ccc(CCC(C=Cc2ccccc2OC(F)(F)c2ccc(C(F)(F)F)cc2)Cc2ccc(C(=O)O)cc2)cc1. The average Bonchev–Trinajstić information content (AvgIpc) is 2.99. The van der Waals surface area contributed by atoms with E-state index in [9.17, 15) is 27.9 Å². The molecule has 0 saturated carbocycles. The van der Waals surface area contributed by atoms with Crippen LogP contribution in [-0.4, -0.2) is 22.2 Å². The largest absolute Gasteiger partial charge is 0.478 e. The van der Waals surface area contributed by atoms with E-state index in [2.05, 4.69) is 0 Å². The topological polar surface area (TPSA) is 83.8 Å². The van der Waals surface area contributed by atoms with Crippen molar-refractivity contribution in [2.24, 2.45) is 5.92 Å². The number of allylic oxidation sites excluding steroid dienone is 1. The lowest BCUT2D eigenvalue weighted by atomic mass is 9.91. The van der Waals surface area contributed by atoms with Crippen molar-refractivity contribution < 1.29 is 46.5 Å². The third-order valence-corrected chi connectivity index (χ3v) is 6.96. The lowest BCUT2D eigenvalue weighted by Crippen LogP contribution is -2.22. The number of alkyl halides is 5. The van der Waals surface area contributed by atoms with E-state index in [0.29, 0.717) is 49.1 Å². The van der Waals surface area contributed by atoms with Crippen LogP contribution in [0.4, 0.5) is 22.0 Å². The predicted molar refractivity (Wildman–Crippen MR) is 154 cm³/mol. The Bertz CT molecular complexity index is 1610. The number of benzene rings is 4. The van der Waals surface area contributed by atoms with E-state index in [1.165, 1.54) is 36.4 Å². The van der Waals surface area contributed by atoms with Crippen LogP contribution in [0.2, 0.25) is 0 Å². The fraction of sp³-hybridized carbons (Fsp3) is 0.176. The zero-order chi connectivity index (χ0) is 31.9. The minimum absolute atomic E-state index is 0.138. The summed E-state index contributed by atoms with van der Waals surface area (Å²) in [5.41, 5.74) is 0.575. The molecule has 0 aliphatic heterocycles. The second kappa shape index (κ2) is 13.5. The first kappa shape index (κ1) is 31.9. The van der Waals surface area contributed by atoms with Gasteiger partial charge in [-0.15, -0.1) is 0 Å². The van der Waals surface area contributed by atoms with Crippen LogP contribution >= 0.6 is 0 Å². The third-order valence-electron chi connectivity index (χ3n) is 6.96. The Hall–Kier alpha value is -4.99. The Morgan fingerprint density at radius 3 is 1.77 bits per heavy atom. The number of ether oxygens (including phenoxy) is 1. The van der Waals surface area contributed by atoms with Crippen LogP contribution in [0.25, 0.3) is 6.08 Å². The van der Waals surface area contributed by atoms with Crippen molar-refractivity contribution in [2.75, 3.05) is 0 Å². The molecule has 228 valence electrons. The van der Waals surface area contributed by atoms with Gasteiger partial charge in [-0.3, -0.25) is 0 Å². The Kier molecular flexibility index (Phi) is 9.83. The quantitative estimate of drug-likeness (QED) is 0.157. The Balaban J connectivity index is 1.55. The maximum Gasteiger partial charge on any atom is 0.426 e. The van der Waals surface area contributed by atoms with Crippen LogP contribution in [0.15, 0.2) is 103 Å². The maximum absolute atomic E-state index is 15.0. The van der Waals surface area contributed by atoms with Crippen LogP contribution in [0.5, 0.6) is 5.75 Å². The standard InChI is InChI=1S/C34H27F5O5/c35-33(36,37)28-17-19-29(20-18-28)34(38,39)44-30-4-2-1-3-25(30)12-9-23(21-24-10-15-27(16-11-24)32(42)43)6-5-22-7-13-26(14-8-22)31(40)41/h1-4,7-20,23H,5-6,21H2,(H,40,41)(H,42,43). The molecule has 5 nitrogen and oxygen atoms in total. The minimum atomic E-state index is -4.66. The Morgan fingerprint density at radius 1 is 0.705 bits per heavy atom. The molecular weight excluding hydrogens is 583 g/mol. The molecule has 0 heterocycles. The number of aryl methyl sites for hydroxylation is 1. The van der Waals surface area contributed by atoms with Crippen LogP contribution in [0.3, 0.4) is 0 Å². The third kappa shape index (κ3) is 8.53. The number of rotatable bonds is 12. The zero-order valence-corrected chi connectivity index (χ0v) is 23.1. The molecule has 1 atom stereocenters. The highest BCUT2D eigenvalue weighted by Crippen LogP contribution is 2.36. The van der Waals surface area contributed by atoms with Crippen molar-refractivity contribution in [2.45, 2.75) is 31.5 Å². The van der Waals surface area contributed by atoms with Crippen molar-refractivity contribution in [1.82, 2.24) is 0 Å². The molecule has 0 bridgehead atoms. The maximum atomic E-state index is 15.0. The molecule has 0 aliphatic carbocycles. The first-order chi connectivity index (χ1) is 20.8. The van der Waals surface area contributed by atoms with E-state index in [1.54, 1.807) is 42.5 Å². The van der Waals surface area contributed by atoms with Crippen molar-refractivity contribution in [1.29, 1.82) is 0 Å². The van der Waals surface area contributed by atoms with Crippen LogP contribution in [0, 0.1) is 5.92 Å². The van der Waals surface area contributed by atoms with Crippen LogP contribution in [0.1, 0.15) is 55.0 Å². The van der Waals surface area contributed by atoms with Crippen molar-refractivity contribution in [3.63, 3.8) is 0 Å². The molecule has 1 unspecified atom stereocenters. The van der Waals surface area contributed by atoms with Gasteiger partial charge >= 0.3 is 24.2 Å². The minimum Gasteiger partial charge on any atom is -0.478 e. The summed E-state index contributed by atoms with van der Waals surface area (Å²) in [5, 5.41) is 18.3. The summed E-state index contributed by atoms with van der Waals surface area (Å²) in [5.74, 6) is -2.41. The van der Waals surface area contributed by atoms with Gasteiger partial charge in [-0.25, -0.2) is 9.59 Å². The zero-order valence-electron chi connectivity index (χ0n) is 23.1. The van der Waals surface area contributed by atoms with Crippen LogP contribution in [-0.2, 0) is 25.1 Å². The predicted octanol–water partition coefficient (Wildman–Crippen LogP) is 8.74. The molecule has 44 heavy (non-hydrogen) atoms. The summed E-state index contributed by atoms with van der Waals surface area (Å²) in [6.07, 6.45) is -3.46. The molecular formula is C34H27F5O5. The molecule has 4 aromatic carbocycles. The molecule has 0 aromatic heterocycles. The number of carboxylic acids is 2. The molecule has 0 amide bonds. The second-order valence-electron chi connectivity index (χ2n) is 10.1. The fourth-order valence-electron chi connectivity index (χ4n) is 4.52. The van der Waals surface area contributed by atoms with Gasteiger partial charge in [-0.2, -0.15) is 22.0 Å². The van der Waals surface area contributed by atoms with Crippen LogP contribution < -0.4 is 4.74 Å². The number of carboxylic acid groups (broad SMARTS) is 2. The van der Waals surface area contributed by atoms with E-state index < -0.39 is 35.4 Å². The second-order valence-corrected chi connectivity index (χ2v) is 10.1. The number of para-hydroxylation sites is 1.